The number of nitrogens with one attached hydrogen (secondary N) is 1. The molecule has 2 rings (SSSR count). The average Bonchev–Trinajstić information content (AvgIpc) is 2.53. The van der Waals surface area contributed by atoms with Crippen LogP contribution in [0.15, 0.2) is 54.6 Å². The second-order valence-electron chi connectivity index (χ2n) is 5.15. The quantitative estimate of drug-likeness (QED) is 0.909. The Morgan fingerprint density at radius 3 is 2.26 bits per heavy atom. The summed E-state index contributed by atoms with van der Waals surface area (Å²) in [5.74, 6) is -0.567. The minimum atomic E-state index is -3.59. The van der Waals surface area contributed by atoms with E-state index in [0.717, 1.165) is 11.8 Å². The van der Waals surface area contributed by atoms with Gasteiger partial charge in [-0.05, 0) is 23.3 Å². The molecule has 0 bridgehead atoms. The molecule has 23 heavy (non-hydrogen) atoms. The van der Waals surface area contributed by atoms with Gasteiger partial charge in [0.1, 0.15) is 0 Å². The number of sulfone groups is 1. The predicted octanol–water partition coefficient (Wildman–Crippen LogP) is 1.96. The van der Waals surface area contributed by atoms with Gasteiger partial charge in [-0.2, -0.15) is 5.26 Å². The predicted molar refractivity (Wildman–Crippen MR) is 87.0 cm³/mol. The van der Waals surface area contributed by atoms with E-state index >= 15 is 0 Å². The van der Waals surface area contributed by atoms with Crippen molar-refractivity contribution in [3.05, 3.63) is 71.3 Å². The highest BCUT2D eigenvalue weighted by molar-refractivity contribution is 7.91. The number of rotatable bonds is 5. The highest BCUT2D eigenvalue weighted by atomic mass is 32.2. The molecule has 0 radical (unpaired) electrons. The van der Waals surface area contributed by atoms with Gasteiger partial charge in [0.2, 0.25) is 5.91 Å². The third kappa shape index (κ3) is 4.41. The van der Waals surface area contributed by atoms with E-state index in [4.69, 9.17) is 5.26 Å². The van der Waals surface area contributed by atoms with E-state index in [1.807, 2.05) is 6.07 Å². The van der Waals surface area contributed by atoms with Gasteiger partial charge in [-0.1, -0.05) is 42.5 Å². The lowest BCUT2D eigenvalue weighted by Gasteiger charge is -2.15. The van der Waals surface area contributed by atoms with Crippen molar-refractivity contribution in [1.82, 2.24) is 5.32 Å². The summed E-state index contributed by atoms with van der Waals surface area (Å²) < 4.78 is 23.9. The van der Waals surface area contributed by atoms with Gasteiger partial charge in [0.25, 0.3) is 0 Å². The van der Waals surface area contributed by atoms with Crippen molar-refractivity contribution >= 4 is 15.7 Å². The maximum absolute atomic E-state index is 12.3. The summed E-state index contributed by atoms with van der Waals surface area (Å²) in [6.45, 7) is 0.198. The molecule has 0 saturated heterocycles. The Labute approximate surface area is 135 Å². The molecule has 0 fully saturated rings. The maximum atomic E-state index is 12.3. The minimum Gasteiger partial charge on any atom is -0.351 e. The first-order chi connectivity index (χ1) is 10.9. The van der Waals surface area contributed by atoms with Crippen molar-refractivity contribution in [2.45, 2.75) is 11.8 Å². The number of carbonyl (C=O) groups is 1. The zero-order valence-electron chi connectivity index (χ0n) is 12.6. The van der Waals surface area contributed by atoms with Crippen LogP contribution in [0, 0.1) is 11.3 Å². The SMILES string of the molecule is CS(=O)(=O)C(C(=O)NCc1ccc(C#N)cc1)c1ccccc1. The van der Waals surface area contributed by atoms with Crippen LogP contribution in [0.1, 0.15) is 21.9 Å². The van der Waals surface area contributed by atoms with Gasteiger partial charge >= 0.3 is 0 Å². The Hall–Kier alpha value is -2.65. The number of amides is 1. The molecule has 6 heteroatoms. The highest BCUT2D eigenvalue weighted by Gasteiger charge is 2.30. The number of hydrogen-bond acceptors (Lipinski definition) is 4. The van der Waals surface area contributed by atoms with Crippen LogP contribution in [-0.2, 0) is 21.2 Å². The van der Waals surface area contributed by atoms with E-state index in [9.17, 15) is 13.2 Å². The second kappa shape index (κ2) is 7.07. The van der Waals surface area contributed by atoms with Crippen molar-refractivity contribution in [2.75, 3.05) is 6.26 Å². The first-order valence-electron chi connectivity index (χ1n) is 6.92. The van der Waals surface area contributed by atoms with Gasteiger partial charge < -0.3 is 5.32 Å². The molecule has 1 N–H and O–H groups in total. The molecular formula is C17H16N2O3S. The van der Waals surface area contributed by atoms with Gasteiger partial charge in [0.05, 0.1) is 11.6 Å². The van der Waals surface area contributed by atoms with Crippen molar-refractivity contribution in [3.63, 3.8) is 0 Å². The zero-order chi connectivity index (χ0) is 16.9. The molecule has 2 aromatic rings. The van der Waals surface area contributed by atoms with Gasteiger partial charge in [-0.25, -0.2) is 8.42 Å². The smallest absolute Gasteiger partial charge is 0.243 e. The summed E-state index contributed by atoms with van der Waals surface area (Å²) in [6.07, 6.45) is 1.05. The fourth-order valence-electron chi connectivity index (χ4n) is 2.20. The van der Waals surface area contributed by atoms with Gasteiger partial charge in [0.15, 0.2) is 15.1 Å². The average molecular weight is 328 g/mol. The second-order valence-corrected chi connectivity index (χ2v) is 7.28. The van der Waals surface area contributed by atoms with Crippen molar-refractivity contribution in [2.24, 2.45) is 0 Å². The van der Waals surface area contributed by atoms with Crippen LogP contribution in [0.4, 0.5) is 0 Å². The monoisotopic (exact) mass is 328 g/mol. The summed E-state index contributed by atoms with van der Waals surface area (Å²) in [6, 6.07) is 17.1. The molecule has 5 nitrogen and oxygen atoms in total. The zero-order valence-corrected chi connectivity index (χ0v) is 13.4. The Morgan fingerprint density at radius 1 is 1.13 bits per heavy atom. The van der Waals surface area contributed by atoms with Crippen LogP contribution in [0.2, 0.25) is 0 Å². The number of nitriles is 1. The van der Waals surface area contributed by atoms with E-state index in [-0.39, 0.29) is 6.54 Å². The van der Waals surface area contributed by atoms with Gasteiger partial charge in [-0.3, -0.25) is 4.79 Å². The summed E-state index contributed by atoms with van der Waals surface area (Å²) in [5.41, 5.74) is 1.75. The van der Waals surface area contributed by atoms with Gasteiger partial charge in [-0.15, -0.1) is 0 Å². The molecular weight excluding hydrogens is 312 g/mol. The first kappa shape index (κ1) is 16.7. The van der Waals surface area contributed by atoms with Crippen LogP contribution < -0.4 is 5.32 Å². The van der Waals surface area contributed by atoms with E-state index in [1.54, 1.807) is 54.6 Å². The molecule has 0 aliphatic carbocycles. The Kier molecular flexibility index (Phi) is 5.14. The summed E-state index contributed by atoms with van der Waals surface area (Å²) in [7, 11) is -3.59. The van der Waals surface area contributed by atoms with Gasteiger partial charge in [0, 0.05) is 12.8 Å². The lowest BCUT2D eigenvalue weighted by Crippen LogP contribution is -2.33. The molecule has 0 aliphatic rings. The fourth-order valence-corrected chi connectivity index (χ4v) is 3.32. The molecule has 1 amide bonds. The van der Waals surface area contributed by atoms with E-state index in [1.165, 1.54) is 0 Å². The van der Waals surface area contributed by atoms with Crippen LogP contribution in [0.25, 0.3) is 0 Å². The van der Waals surface area contributed by atoms with Crippen molar-refractivity contribution in [3.8, 4) is 6.07 Å². The Bertz CT molecular complexity index is 822. The molecule has 0 heterocycles. The van der Waals surface area contributed by atoms with Crippen molar-refractivity contribution in [1.29, 1.82) is 5.26 Å². The van der Waals surface area contributed by atoms with E-state index < -0.39 is 21.0 Å². The summed E-state index contributed by atoms with van der Waals surface area (Å²) in [4.78, 5) is 12.3. The molecule has 0 saturated carbocycles. The van der Waals surface area contributed by atoms with Crippen LogP contribution in [-0.4, -0.2) is 20.6 Å². The number of hydrogen-bond donors (Lipinski definition) is 1. The molecule has 0 aliphatic heterocycles. The molecule has 0 spiro atoms. The van der Waals surface area contributed by atoms with Crippen LogP contribution in [0.3, 0.4) is 0 Å². The highest BCUT2D eigenvalue weighted by Crippen LogP contribution is 2.21. The Morgan fingerprint density at radius 2 is 1.74 bits per heavy atom. The largest absolute Gasteiger partial charge is 0.351 e. The van der Waals surface area contributed by atoms with E-state index in [0.29, 0.717) is 11.1 Å². The molecule has 0 aromatic heterocycles. The third-order valence-corrected chi connectivity index (χ3v) is 4.66. The first-order valence-corrected chi connectivity index (χ1v) is 8.88. The lowest BCUT2D eigenvalue weighted by atomic mass is 10.1. The number of benzene rings is 2. The third-order valence-electron chi connectivity index (χ3n) is 3.32. The Balaban J connectivity index is 2.14. The summed E-state index contributed by atoms with van der Waals surface area (Å²) in [5, 5.41) is 10.2. The molecule has 118 valence electrons. The molecule has 1 unspecified atom stereocenters. The normalized spacial score (nSPS) is 12.2. The van der Waals surface area contributed by atoms with Crippen LogP contribution >= 0.6 is 0 Å². The summed E-state index contributed by atoms with van der Waals surface area (Å²) >= 11 is 0. The lowest BCUT2D eigenvalue weighted by molar-refractivity contribution is -0.120. The fraction of sp³-hybridized carbons (Fsp3) is 0.176. The molecule has 2 aromatic carbocycles. The topological polar surface area (TPSA) is 87.0 Å². The number of carbonyl (C=O) groups excluding carboxylic acids is 1. The number of nitrogens with zero attached hydrogens (tertiary/aromatic N) is 1. The maximum Gasteiger partial charge on any atom is 0.243 e. The van der Waals surface area contributed by atoms with Crippen LogP contribution in [0.5, 0.6) is 0 Å². The standard InChI is InChI=1S/C17H16N2O3S/c1-23(21,22)16(15-5-3-2-4-6-15)17(20)19-12-14-9-7-13(11-18)8-10-14/h2-10,16H,12H2,1H3,(H,19,20). The van der Waals surface area contributed by atoms with Crippen molar-refractivity contribution < 1.29 is 13.2 Å². The van der Waals surface area contributed by atoms with E-state index in [2.05, 4.69) is 5.32 Å². The molecule has 1 atom stereocenters. The minimum absolute atomic E-state index is 0.198.